The molecule has 14 heavy (non-hydrogen) atoms. The lowest BCUT2D eigenvalue weighted by Crippen LogP contribution is -3.13. The minimum atomic E-state index is 0.164. The van der Waals surface area contributed by atoms with Crippen molar-refractivity contribution in [3.05, 3.63) is 0 Å². The van der Waals surface area contributed by atoms with Crippen molar-refractivity contribution < 1.29 is 14.4 Å². The standard InChI is InChI=1S/C10H16N2O2/c1-6(13)11(2)9-8-5-12-4-3-7(14-8)10(9)12/h7-10H,3-5H2,1-2H3/p+1. The molecule has 0 aromatic heterocycles. The van der Waals surface area contributed by atoms with Gasteiger partial charge in [-0.05, 0) is 0 Å². The zero-order valence-corrected chi connectivity index (χ0v) is 8.69. The maximum Gasteiger partial charge on any atom is 0.219 e. The van der Waals surface area contributed by atoms with Crippen LogP contribution in [0, 0.1) is 0 Å². The van der Waals surface area contributed by atoms with Crippen LogP contribution in [0.25, 0.3) is 0 Å². The van der Waals surface area contributed by atoms with Crippen molar-refractivity contribution in [2.75, 3.05) is 20.1 Å². The maximum absolute atomic E-state index is 11.3. The molecule has 2 bridgehead atoms. The highest BCUT2D eigenvalue weighted by atomic mass is 16.5. The minimum Gasteiger partial charge on any atom is -0.360 e. The van der Waals surface area contributed by atoms with Gasteiger partial charge in [-0.25, -0.2) is 0 Å². The Morgan fingerprint density at radius 2 is 2.29 bits per heavy atom. The number of hydrogen-bond donors (Lipinski definition) is 1. The molecule has 3 aliphatic heterocycles. The molecule has 3 aliphatic rings. The molecule has 3 rings (SSSR count). The Balaban J connectivity index is 1.87. The topological polar surface area (TPSA) is 34.0 Å². The van der Waals surface area contributed by atoms with Crippen molar-refractivity contribution in [1.29, 1.82) is 0 Å². The molecular weight excluding hydrogens is 180 g/mol. The van der Waals surface area contributed by atoms with Gasteiger partial charge in [-0.3, -0.25) is 4.79 Å². The predicted octanol–water partition coefficient (Wildman–Crippen LogP) is -1.73. The quantitative estimate of drug-likeness (QED) is 0.542. The number of quaternary nitrogens is 1. The zero-order valence-electron chi connectivity index (χ0n) is 8.69. The van der Waals surface area contributed by atoms with Gasteiger partial charge >= 0.3 is 0 Å². The number of amides is 1. The Kier molecular flexibility index (Phi) is 1.67. The van der Waals surface area contributed by atoms with E-state index in [0.717, 1.165) is 6.54 Å². The summed E-state index contributed by atoms with van der Waals surface area (Å²) in [4.78, 5) is 14.9. The molecule has 0 aromatic carbocycles. The highest BCUT2D eigenvalue weighted by molar-refractivity contribution is 5.73. The summed E-state index contributed by atoms with van der Waals surface area (Å²) in [6.07, 6.45) is 1.91. The van der Waals surface area contributed by atoms with Crippen LogP contribution in [-0.4, -0.2) is 55.2 Å². The molecule has 78 valence electrons. The molecular formula is C10H17N2O2+. The van der Waals surface area contributed by atoms with Crippen LogP contribution >= 0.6 is 0 Å². The fourth-order valence-corrected chi connectivity index (χ4v) is 3.45. The number of ether oxygens (including phenoxy) is 1. The molecule has 4 heteroatoms. The van der Waals surface area contributed by atoms with Crippen molar-refractivity contribution in [1.82, 2.24) is 4.90 Å². The minimum absolute atomic E-state index is 0.164. The zero-order chi connectivity index (χ0) is 9.87. The van der Waals surface area contributed by atoms with E-state index < -0.39 is 0 Å². The van der Waals surface area contributed by atoms with Crippen molar-refractivity contribution in [3.63, 3.8) is 0 Å². The van der Waals surface area contributed by atoms with E-state index in [1.165, 1.54) is 13.0 Å². The molecule has 1 amide bonds. The second-order valence-electron chi connectivity index (χ2n) is 4.76. The third-order valence-corrected chi connectivity index (χ3v) is 4.13. The Labute approximate surface area is 83.8 Å². The lowest BCUT2D eigenvalue weighted by atomic mass is 10.1. The van der Waals surface area contributed by atoms with Crippen LogP contribution in [-0.2, 0) is 9.53 Å². The summed E-state index contributed by atoms with van der Waals surface area (Å²) in [5.74, 6) is 0.164. The van der Waals surface area contributed by atoms with Gasteiger partial charge in [0, 0.05) is 20.4 Å². The van der Waals surface area contributed by atoms with Crippen molar-refractivity contribution in [2.45, 2.75) is 37.6 Å². The summed E-state index contributed by atoms with van der Waals surface area (Å²) >= 11 is 0. The summed E-state index contributed by atoms with van der Waals surface area (Å²) in [5.41, 5.74) is 0. The van der Waals surface area contributed by atoms with Crippen LogP contribution in [0.1, 0.15) is 13.3 Å². The molecule has 0 spiro atoms. The molecule has 4 nitrogen and oxygen atoms in total. The van der Waals surface area contributed by atoms with Gasteiger partial charge < -0.3 is 14.5 Å². The lowest BCUT2D eigenvalue weighted by Gasteiger charge is -2.23. The van der Waals surface area contributed by atoms with Crippen LogP contribution in [0.2, 0.25) is 0 Å². The predicted molar refractivity (Wildman–Crippen MR) is 50.0 cm³/mol. The molecule has 1 N–H and O–H groups in total. The van der Waals surface area contributed by atoms with Crippen LogP contribution in [0.15, 0.2) is 0 Å². The van der Waals surface area contributed by atoms with Gasteiger partial charge in [-0.2, -0.15) is 0 Å². The van der Waals surface area contributed by atoms with Crippen molar-refractivity contribution >= 4 is 5.91 Å². The number of carbonyl (C=O) groups is 1. The third kappa shape index (κ3) is 0.929. The van der Waals surface area contributed by atoms with Crippen LogP contribution in [0.4, 0.5) is 0 Å². The molecule has 0 aliphatic carbocycles. The van der Waals surface area contributed by atoms with Crippen molar-refractivity contribution in [2.24, 2.45) is 0 Å². The van der Waals surface area contributed by atoms with E-state index in [2.05, 4.69) is 0 Å². The van der Waals surface area contributed by atoms with Gasteiger partial charge in [0.1, 0.15) is 30.8 Å². The number of morpholine rings is 1. The first-order chi connectivity index (χ1) is 6.68. The monoisotopic (exact) mass is 197 g/mol. The lowest BCUT2D eigenvalue weighted by molar-refractivity contribution is -0.907. The van der Waals surface area contributed by atoms with Crippen LogP contribution in [0.5, 0.6) is 0 Å². The van der Waals surface area contributed by atoms with Gasteiger partial charge in [-0.15, -0.1) is 0 Å². The van der Waals surface area contributed by atoms with Crippen LogP contribution < -0.4 is 4.90 Å². The van der Waals surface area contributed by atoms with E-state index >= 15 is 0 Å². The number of rotatable bonds is 1. The van der Waals surface area contributed by atoms with E-state index in [9.17, 15) is 4.79 Å². The Morgan fingerprint density at radius 1 is 1.50 bits per heavy atom. The first-order valence-corrected chi connectivity index (χ1v) is 5.42. The number of fused-ring (bicyclic) bond motifs is 1. The average molecular weight is 197 g/mol. The second-order valence-corrected chi connectivity index (χ2v) is 4.76. The van der Waals surface area contributed by atoms with E-state index in [4.69, 9.17) is 4.74 Å². The van der Waals surface area contributed by atoms with Gasteiger partial charge in [0.15, 0.2) is 0 Å². The van der Waals surface area contributed by atoms with E-state index in [-0.39, 0.29) is 5.91 Å². The molecule has 3 fully saturated rings. The fraction of sp³-hybridized carbons (Fsp3) is 0.900. The van der Waals surface area contributed by atoms with E-state index in [1.54, 1.807) is 11.8 Å². The molecule has 0 radical (unpaired) electrons. The normalized spacial score (nSPS) is 48.6. The molecule has 0 aromatic rings. The molecule has 5 atom stereocenters. The van der Waals surface area contributed by atoms with Crippen LogP contribution in [0.3, 0.4) is 0 Å². The summed E-state index contributed by atoms with van der Waals surface area (Å²) < 4.78 is 5.92. The first kappa shape index (κ1) is 8.68. The highest BCUT2D eigenvalue weighted by Crippen LogP contribution is 2.31. The number of carbonyl (C=O) groups excluding carboxylic acids is 1. The summed E-state index contributed by atoms with van der Waals surface area (Å²) in [6.45, 7) is 3.97. The van der Waals surface area contributed by atoms with Gasteiger partial charge in [0.2, 0.25) is 5.91 Å². The Hall–Kier alpha value is -0.610. The molecule has 3 saturated heterocycles. The summed E-state index contributed by atoms with van der Waals surface area (Å²) in [7, 11) is 1.91. The molecule has 3 heterocycles. The Bertz CT molecular complexity index is 267. The third-order valence-electron chi connectivity index (χ3n) is 4.13. The molecule has 0 saturated carbocycles. The first-order valence-electron chi connectivity index (χ1n) is 5.42. The number of nitrogens with zero attached hydrogens (tertiary/aromatic N) is 1. The summed E-state index contributed by atoms with van der Waals surface area (Å²) in [5, 5.41) is 0. The fourth-order valence-electron chi connectivity index (χ4n) is 3.45. The number of likely N-dealkylation sites (N-methyl/N-ethyl adjacent to an activating group) is 1. The summed E-state index contributed by atoms with van der Waals surface area (Å²) in [6, 6.07) is 0.906. The maximum atomic E-state index is 11.3. The Morgan fingerprint density at radius 3 is 2.93 bits per heavy atom. The van der Waals surface area contributed by atoms with E-state index in [0.29, 0.717) is 24.3 Å². The second kappa shape index (κ2) is 2.70. The molecule has 5 unspecified atom stereocenters. The van der Waals surface area contributed by atoms with Gasteiger partial charge in [0.25, 0.3) is 0 Å². The highest BCUT2D eigenvalue weighted by Gasteiger charge is 2.62. The van der Waals surface area contributed by atoms with E-state index in [1.807, 2.05) is 11.9 Å². The number of nitrogens with one attached hydrogen (secondary N) is 1. The average Bonchev–Trinajstić information content (AvgIpc) is 2.70. The SMILES string of the molecule is CC(=O)N(C)C1C2C[NH+]3CCC(O2)C13. The largest absolute Gasteiger partial charge is 0.360 e. The van der Waals surface area contributed by atoms with Gasteiger partial charge in [-0.1, -0.05) is 0 Å². The van der Waals surface area contributed by atoms with Gasteiger partial charge in [0.05, 0.1) is 6.54 Å². The smallest absolute Gasteiger partial charge is 0.219 e. The number of hydrogen-bond acceptors (Lipinski definition) is 2. The van der Waals surface area contributed by atoms with Crippen molar-refractivity contribution in [3.8, 4) is 0 Å².